The van der Waals surface area contributed by atoms with Gasteiger partial charge in [-0.3, -0.25) is 0 Å². The van der Waals surface area contributed by atoms with Crippen LogP contribution in [0.2, 0.25) is 0 Å². The topological polar surface area (TPSA) is 68.8 Å². The number of rotatable bonds is 0. The lowest BCUT2D eigenvalue weighted by Crippen LogP contribution is -2.01. The third-order valence-electron chi connectivity index (χ3n) is 0.919. The normalized spacial score (nSPS) is 12.8. The van der Waals surface area contributed by atoms with E-state index in [-0.39, 0.29) is 11.5 Å². The number of nitriles is 2. The molecule has 0 fully saturated rings. The zero-order chi connectivity index (χ0) is 7.40. The van der Waals surface area contributed by atoms with E-state index in [2.05, 4.69) is 5.32 Å². The second-order valence-corrected chi connectivity index (χ2v) is 1.49. The van der Waals surface area contributed by atoms with Gasteiger partial charge in [0.1, 0.15) is 18.4 Å². The maximum atomic E-state index is 8.31. The van der Waals surface area contributed by atoms with Crippen LogP contribution in [0, 0.1) is 22.7 Å². The molecule has 0 unspecified atom stereocenters. The molecule has 1 N–H and O–H groups in total. The van der Waals surface area contributed by atoms with Crippen LogP contribution in [0.25, 0.3) is 0 Å². The number of nitrogens with zero attached hydrogens (tertiary/aromatic N) is 2. The Morgan fingerprint density at radius 3 is 2.60 bits per heavy atom. The summed E-state index contributed by atoms with van der Waals surface area (Å²) in [6, 6.07) is 3.37. The van der Waals surface area contributed by atoms with Crippen LogP contribution in [-0.4, -0.2) is 0 Å². The van der Waals surface area contributed by atoms with Gasteiger partial charge < -0.3 is 10.1 Å². The first kappa shape index (κ1) is 6.18. The highest BCUT2D eigenvalue weighted by Crippen LogP contribution is 2.05. The summed E-state index contributed by atoms with van der Waals surface area (Å²) in [7, 11) is 0. The minimum absolute atomic E-state index is 0.0509. The lowest BCUT2D eigenvalue weighted by atomic mass is 10.3. The van der Waals surface area contributed by atoms with Gasteiger partial charge in [0, 0.05) is 6.20 Å². The van der Waals surface area contributed by atoms with E-state index in [0.29, 0.717) is 0 Å². The molecule has 4 nitrogen and oxygen atoms in total. The molecule has 1 aliphatic heterocycles. The number of hydrogen-bond acceptors (Lipinski definition) is 4. The van der Waals surface area contributed by atoms with Gasteiger partial charge in [-0.25, -0.2) is 0 Å². The van der Waals surface area contributed by atoms with Crippen LogP contribution in [-0.2, 0) is 4.74 Å². The molecule has 4 heteroatoms. The molecule has 0 aromatic carbocycles. The lowest BCUT2D eigenvalue weighted by Gasteiger charge is -1.94. The molecule has 0 amide bonds. The van der Waals surface area contributed by atoms with Crippen molar-refractivity contribution in [1.29, 1.82) is 10.5 Å². The predicted molar refractivity (Wildman–Crippen MR) is 31.6 cm³/mol. The summed E-state index contributed by atoms with van der Waals surface area (Å²) in [5.41, 5.74) is -0.0509. The van der Waals surface area contributed by atoms with E-state index in [0.717, 1.165) is 0 Å². The fraction of sp³-hybridized carbons (Fsp3) is 0. The molecule has 0 aliphatic carbocycles. The molecule has 48 valence electrons. The van der Waals surface area contributed by atoms with Crippen molar-refractivity contribution in [3.8, 4) is 12.1 Å². The predicted octanol–water partition coefficient (Wildman–Crippen LogP) is 0.336. The summed E-state index contributed by atoms with van der Waals surface area (Å²) in [6.07, 6.45) is 2.87. The van der Waals surface area contributed by atoms with Crippen LogP contribution in [0.4, 0.5) is 0 Å². The Labute approximate surface area is 57.6 Å². The second kappa shape index (κ2) is 2.56. The molecule has 1 heterocycles. The smallest absolute Gasteiger partial charge is 0.225 e. The molecule has 0 spiro atoms. The number of ether oxygens (including phenoxy) is 1. The summed E-state index contributed by atoms with van der Waals surface area (Å²) >= 11 is 0. The summed E-state index contributed by atoms with van der Waals surface area (Å²) in [5, 5.41) is 19.2. The molecule has 0 aromatic heterocycles. The standard InChI is InChI=1S/C6H3N3O/c7-3-5(4-8)6-9-1-2-10-6/h1-2,9H. The van der Waals surface area contributed by atoms with E-state index in [1.807, 2.05) is 0 Å². The highest BCUT2D eigenvalue weighted by atomic mass is 16.5. The molecule has 0 aromatic rings. The zero-order valence-corrected chi connectivity index (χ0v) is 4.96. The van der Waals surface area contributed by atoms with E-state index in [9.17, 15) is 0 Å². The van der Waals surface area contributed by atoms with Crippen molar-refractivity contribution in [3.05, 3.63) is 23.9 Å². The van der Waals surface area contributed by atoms with Crippen molar-refractivity contribution >= 4 is 0 Å². The molecule has 1 rings (SSSR count). The Morgan fingerprint density at radius 2 is 2.20 bits per heavy atom. The van der Waals surface area contributed by atoms with Gasteiger partial charge in [0.15, 0.2) is 5.57 Å². The van der Waals surface area contributed by atoms with E-state index >= 15 is 0 Å². The minimum Gasteiger partial charge on any atom is -0.445 e. The van der Waals surface area contributed by atoms with Crippen molar-refractivity contribution in [3.63, 3.8) is 0 Å². The van der Waals surface area contributed by atoms with E-state index in [1.165, 1.54) is 12.5 Å². The summed E-state index contributed by atoms with van der Waals surface area (Å²) in [4.78, 5) is 0. The summed E-state index contributed by atoms with van der Waals surface area (Å²) in [5.74, 6) is 0.199. The Kier molecular flexibility index (Phi) is 1.58. The molecule has 0 radical (unpaired) electrons. The molecular weight excluding hydrogens is 130 g/mol. The molecular formula is C6H3N3O. The van der Waals surface area contributed by atoms with Crippen LogP contribution in [0.5, 0.6) is 0 Å². The number of allylic oxidation sites excluding steroid dienone is 1. The van der Waals surface area contributed by atoms with Gasteiger partial charge in [-0.05, 0) is 0 Å². The first-order chi connectivity index (χ1) is 4.88. The highest BCUT2D eigenvalue weighted by Gasteiger charge is 2.07. The monoisotopic (exact) mass is 133 g/mol. The zero-order valence-electron chi connectivity index (χ0n) is 4.96. The van der Waals surface area contributed by atoms with Gasteiger partial charge in [-0.2, -0.15) is 10.5 Å². The van der Waals surface area contributed by atoms with Crippen molar-refractivity contribution in [2.24, 2.45) is 0 Å². The first-order valence-corrected chi connectivity index (χ1v) is 2.51. The minimum atomic E-state index is -0.0509. The Hall–Kier alpha value is -1.94. The van der Waals surface area contributed by atoms with E-state index in [4.69, 9.17) is 15.3 Å². The first-order valence-electron chi connectivity index (χ1n) is 2.51. The molecule has 1 aliphatic rings. The van der Waals surface area contributed by atoms with E-state index < -0.39 is 0 Å². The average Bonchev–Trinajstić information content (AvgIpc) is 2.43. The summed E-state index contributed by atoms with van der Waals surface area (Å²) < 4.78 is 4.74. The largest absolute Gasteiger partial charge is 0.445 e. The fourth-order valence-corrected chi connectivity index (χ4v) is 0.503. The fourth-order valence-electron chi connectivity index (χ4n) is 0.503. The van der Waals surface area contributed by atoms with Gasteiger partial charge in [-0.15, -0.1) is 0 Å². The third-order valence-corrected chi connectivity index (χ3v) is 0.919. The Balaban J connectivity index is 2.88. The lowest BCUT2D eigenvalue weighted by molar-refractivity contribution is 0.355. The van der Waals surface area contributed by atoms with Crippen LogP contribution >= 0.6 is 0 Å². The van der Waals surface area contributed by atoms with Gasteiger partial charge in [0.25, 0.3) is 0 Å². The molecule has 0 saturated heterocycles. The van der Waals surface area contributed by atoms with Gasteiger partial charge in [0.05, 0.1) is 0 Å². The van der Waals surface area contributed by atoms with Crippen molar-refractivity contribution in [2.75, 3.05) is 0 Å². The maximum Gasteiger partial charge on any atom is 0.225 e. The number of hydrogen-bond donors (Lipinski definition) is 1. The van der Waals surface area contributed by atoms with Crippen LogP contribution < -0.4 is 5.32 Å². The van der Waals surface area contributed by atoms with Gasteiger partial charge >= 0.3 is 0 Å². The Morgan fingerprint density at radius 1 is 1.50 bits per heavy atom. The quantitative estimate of drug-likeness (QED) is 0.483. The molecule has 0 bridgehead atoms. The van der Waals surface area contributed by atoms with Crippen molar-refractivity contribution in [1.82, 2.24) is 5.32 Å². The SMILES string of the molecule is N#CC(C#N)=C1NC=CO1. The van der Waals surface area contributed by atoms with Crippen molar-refractivity contribution < 1.29 is 4.74 Å². The second-order valence-electron chi connectivity index (χ2n) is 1.49. The maximum absolute atomic E-state index is 8.31. The molecule has 10 heavy (non-hydrogen) atoms. The Bertz CT molecular complexity index is 250. The number of nitrogens with one attached hydrogen (secondary N) is 1. The van der Waals surface area contributed by atoms with Crippen LogP contribution in [0.1, 0.15) is 0 Å². The highest BCUT2D eigenvalue weighted by molar-refractivity contribution is 5.38. The van der Waals surface area contributed by atoms with Crippen molar-refractivity contribution in [2.45, 2.75) is 0 Å². The van der Waals surface area contributed by atoms with Crippen LogP contribution in [0.15, 0.2) is 23.9 Å². The average molecular weight is 133 g/mol. The van der Waals surface area contributed by atoms with Gasteiger partial charge in [0.2, 0.25) is 5.88 Å². The van der Waals surface area contributed by atoms with Gasteiger partial charge in [-0.1, -0.05) is 0 Å². The van der Waals surface area contributed by atoms with E-state index in [1.54, 1.807) is 12.1 Å². The molecule has 0 saturated carbocycles. The van der Waals surface area contributed by atoms with Crippen LogP contribution in [0.3, 0.4) is 0 Å². The summed E-state index contributed by atoms with van der Waals surface area (Å²) in [6.45, 7) is 0. The molecule has 0 atom stereocenters. The third kappa shape index (κ3) is 0.910.